The highest BCUT2D eigenvalue weighted by molar-refractivity contribution is 5.94. The maximum Gasteiger partial charge on any atom is 0.337 e. The zero-order valence-electron chi connectivity index (χ0n) is 10.6. The second kappa shape index (κ2) is 4.40. The molecule has 1 aliphatic heterocycles. The maximum atomic E-state index is 11.2. The van der Waals surface area contributed by atoms with Gasteiger partial charge in [0.25, 0.3) is 0 Å². The van der Waals surface area contributed by atoms with E-state index in [2.05, 4.69) is 18.7 Å². The van der Waals surface area contributed by atoms with Gasteiger partial charge in [0.15, 0.2) is 0 Å². The third-order valence-corrected chi connectivity index (χ3v) is 3.58. The number of aryl methyl sites for hydroxylation is 1. The van der Waals surface area contributed by atoms with E-state index in [9.17, 15) is 9.90 Å². The smallest absolute Gasteiger partial charge is 0.337 e. The zero-order chi connectivity index (χ0) is 12.6. The van der Waals surface area contributed by atoms with Gasteiger partial charge in [-0.05, 0) is 30.9 Å². The highest BCUT2D eigenvalue weighted by Crippen LogP contribution is 2.31. The summed E-state index contributed by atoms with van der Waals surface area (Å²) >= 11 is 0. The van der Waals surface area contributed by atoms with Crippen molar-refractivity contribution in [2.45, 2.75) is 20.8 Å². The fourth-order valence-electron chi connectivity index (χ4n) is 2.23. The molecule has 1 heterocycles. The monoisotopic (exact) mass is 233 g/mol. The molecule has 0 aromatic heterocycles. The van der Waals surface area contributed by atoms with Crippen LogP contribution >= 0.6 is 0 Å². The number of carboxylic acids is 1. The van der Waals surface area contributed by atoms with Crippen LogP contribution < -0.4 is 4.90 Å². The molecule has 0 bridgehead atoms. The van der Waals surface area contributed by atoms with E-state index in [0.717, 1.165) is 24.3 Å². The normalized spacial score (nSPS) is 16.1. The first-order chi connectivity index (χ1) is 7.99. The largest absolute Gasteiger partial charge is 0.478 e. The third kappa shape index (κ3) is 2.28. The van der Waals surface area contributed by atoms with Crippen LogP contribution in [0.2, 0.25) is 0 Å². The van der Waals surface area contributed by atoms with E-state index >= 15 is 0 Å². The van der Waals surface area contributed by atoms with Gasteiger partial charge < -0.3 is 10.0 Å². The summed E-state index contributed by atoms with van der Waals surface area (Å²) in [6, 6.07) is 5.65. The van der Waals surface area contributed by atoms with Gasteiger partial charge in [-0.25, -0.2) is 4.79 Å². The van der Waals surface area contributed by atoms with Crippen LogP contribution in [0.1, 0.15) is 29.8 Å². The predicted octanol–water partition coefficient (Wildman–Crippen LogP) is 2.79. The Bertz CT molecular complexity index is 434. The molecule has 1 aliphatic rings. The molecule has 1 aromatic rings. The quantitative estimate of drug-likeness (QED) is 0.872. The zero-order valence-corrected chi connectivity index (χ0v) is 10.6. The first-order valence-corrected chi connectivity index (χ1v) is 6.08. The molecule has 17 heavy (non-hydrogen) atoms. The summed E-state index contributed by atoms with van der Waals surface area (Å²) in [5.74, 6) is 0.527. The van der Waals surface area contributed by atoms with Crippen LogP contribution in [-0.4, -0.2) is 24.2 Å². The molecule has 0 aliphatic carbocycles. The van der Waals surface area contributed by atoms with Crippen LogP contribution in [0.25, 0.3) is 0 Å². The summed E-state index contributed by atoms with van der Waals surface area (Å²) in [5.41, 5.74) is 2.28. The first kappa shape index (κ1) is 12.0. The summed E-state index contributed by atoms with van der Waals surface area (Å²) < 4.78 is 0. The van der Waals surface area contributed by atoms with E-state index in [1.807, 2.05) is 19.1 Å². The Balaban J connectivity index is 2.20. The van der Waals surface area contributed by atoms with Gasteiger partial charge in [0, 0.05) is 13.1 Å². The van der Waals surface area contributed by atoms with Crippen LogP contribution in [0, 0.1) is 18.8 Å². The van der Waals surface area contributed by atoms with E-state index in [4.69, 9.17) is 0 Å². The lowest BCUT2D eigenvalue weighted by molar-refractivity contribution is 0.0697. The topological polar surface area (TPSA) is 40.5 Å². The number of carboxylic acid groups (broad SMARTS) is 1. The number of nitrogens with zero attached hydrogens (tertiary/aromatic N) is 1. The summed E-state index contributed by atoms with van der Waals surface area (Å²) in [6.45, 7) is 8.30. The molecule has 3 nitrogen and oxygen atoms in total. The Labute approximate surface area is 102 Å². The average Bonchev–Trinajstić information content (AvgIpc) is 2.16. The fraction of sp³-hybridized carbons (Fsp3) is 0.500. The third-order valence-electron chi connectivity index (χ3n) is 3.58. The Morgan fingerprint density at radius 2 is 2.06 bits per heavy atom. The van der Waals surface area contributed by atoms with E-state index in [0.29, 0.717) is 17.4 Å². The number of aromatic carboxylic acids is 1. The van der Waals surface area contributed by atoms with Gasteiger partial charge >= 0.3 is 5.97 Å². The van der Waals surface area contributed by atoms with Crippen molar-refractivity contribution in [2.24, 2.45) is 11.8 Å². The maximum absolute atomic E-state index is 11.2. The van der Waals surface area contributed by atoms with Gasteiger partial charge in [-0.15, -0.1) is 0 Å². The molecule has 1 aromatic carbocycles. The molecular formula is C14H19NO2. The lowest BCUT2D eigenvalue weighted by atomic mass is 9.87. The van der Waals surface area contributed by atoms with Crippen molar-refractivity contribution in [3.05, 3.63) is 29.3 Å². The van der Waals surface area contributed by atoms with Crippen molar-refractivity contribution in [2.75, 3.05) is 18.0 Å². The van der Waals surface area contributed by atoms with E-state index in [1.54, 1.807) is 6.07 Å². The number of hydrogen-bond acceptors (Lipinski definition) is 2. The molecule has 1 saturated heterocycles. The van der Waals surface area contributed by atoms with Crippen LogP contribution in [-0.2, 0) is 0 Å². The molecule has 0 spiro atoms. The summed E-state index contributed by atoms with van der Waals surface area (Å²) in [6.07, 6.45) is 0. The molecule has 0 unspecified atom stereocenters. The molecule has 0 radical (unpaired) electrons. The van der Waals surface area contributed by atoms with Gasteiger partial charge in [-0.1, -0.05) is 25.5 Å². The van der Waals surface area contributed by atoms with Crippen molar-refractivity contribution in [3.63, 3.8) is 0 Å². The van der Waals surface area contributed by atoms with Gasteiger partial charge in [0.05, 0.1) is 11.3 Å². The van der Waals surface area contributed by atoms with Crippen molar-refractivity contribution >= 4 is 11.7 Å². The minimum absolute atomic E-state index is 0.423. The van der Waals surface area contributed by atoms with Crippen molar-refractivity contribution < 1.29 is 9.90 Å². The van der Waals surface area contributed by atoms with Crippen molar-refractivity contribution in [3.8, 4) is 0 Å². The van der Waals surface area contributed by atoms with E-state index in [-0.39, 0.29) is 0 Å². The first-order valence-electron chi connectivity index (χ1n) is 6.08. The molecule has 1 fully saturated rings. The molecule has 2 rings (SSSR count). The highest BCUT2D eigenvalue weighted by atomic mass is 16.4. The van der Waals surface area contributed by atoms with Gasteiger partial charge in [0.2, 0.25) is 0 Å². The Morgan fingerprint density at radius 3 is 2.59 bits per heavy atom. The van der Waals surface area contributed by atoms with Crippen molar-refractivity contribution in [1.82, 2.24) is 0 Å². The van der Waals surface area contributed by atoms with Crippen molar-refractivity contribution in [1.29, 1.82) is 0 Å². The summed E-state index contributed by atoms with van der Waals surface area (Å²) in [7, 11) is 0. The van der Waals surface area contributed by atoms with E-state index in [1.165, 1.54) is 0 Å². The molecule has 3 heteroatoms. The van der Waals surface area contributed by atoms with Crippen LogP contribution in [0.3, 0.4) is 0 Å². The van der Waals surface area contributed by atoms with Gasteiger partial charge in [0.1, 0.15) is 0 Å². The number of carbonyl (C=O) groups is 1. The summed E-state index contributed by atoms with van der Waals surface area (Å²) in [4.78, 5) is 13.4. The second-order valence-electron chi connectivity index (χ2n) is 5.23. The number of hydrogen-bond donors (Lipinski definition) is 1. The van der Waals surface area contributed by atoms with Crippen LogP contribution in [0.15, 0.2) is 18.2 Å². The minimum Gasteiger partial charge on any atom is -0.478 e. The molecule has 92 valence electrons. The second-order valence-corrected chi connectivity index (χ2v) is 5.23. The minimum atomic E-state index is -0.836. The Kier molecular flexibility index (Phi) is 3.09. The molecular weight excluding hydrogens is 214 g/mol. The molecule has 0 amide bonds. The summed E-state index contributed by atoms with van der Waals surface area (Å²) in [5, 5.41) is 9.21. The van der Waals surface area contributed by atoms with Crippen LogP contribution in [0.4, 0.5) is 5.69 Å². The SMILES string of the molecule is Cc1ccc(N2CC(C(C)C)C2)c(C(=O)O)c1. The standard InChI is InChI=1S/C14H19NO2/c1-9(2)11-7-15(8-11)13-5-4-10(3)6-12(13)14(16)17/h4-6,9,11H,7-8H2,1-3H3,(H,16,17). The lowest BCUT2D eigenvalue weighted by Gasteiger charge is -2.43. The van der Waals surface area contributed by atoms with Crippen LogP contribution in [0.5, 0.6) is 0 Å². The number of benzene rings is 1. The highest BCUT2D eigenvalue weighted by Gasteiger charge is 2.31. The Hall–Kier alpha value is -1.51. The molecule has 0 atom stereocenters. The number of rotatable bonds is 3. The molecule has 1 N–H and O–H groups in total. The van der Waals surface area contributed by atoms with Gasteiger partial charge in [-0.2, -0.15) is 0 Å². The average molecular weight is 233 g/mol. The van der Waals surface area contributed by atoms with E-state index < -0.39 is 5.97 Å². The predicted molar refractivity (Wildman–Crippen MR) is 68.7 cm³/mol. The fourth-order valence-corrected chi connectivity index (χ4v) is 2.23. The lowest BCUT2D eigenvalue weighted by Crippen LogP contribution is -2.49. The van der Waals surface area contributed by atoms with Gasteiger partial charge in [-0.3, -0.25) is 0 Å². The number of anilines is 1. The Morgan fingerprint density at radius 1 is 1.41 bits per heavy atom. The molecule has 0 saturated carbocycles.